The number of H-pyrrole nitrogens is 1. The van der Waals surface area contributed by atoms with Gasteiger partial charge in [-0.3, -0.25) is 4.79 Å². The van der Waals surface area contributed by atoms with Gasteiger partial charge in [0, 0.05) is 28.2 Å². The number of carbonyl (C=O) groups is 1. The summed E-state index contributed by atoms with van der Waals surface area (Å²) in [5.41, 5.74) is 4.23. The van der Waals surface area contributed by atoms with Crippen molar-refractivity contribution in [3.05, 3.63) is 101 Å². The molecule has 0 atom stereocenters. The molecular weight excluding hydrogens is 344 g/mol. The molecule has 0 saturated heterocycles. The fourth-order valence-corrected chi connectivity index (χ4v) is 3.26. The first-order valence-corrected chi connectivity index (χ1v) is 8.88. The number of fused-ring (bicyclic) bond motifs is 1. The van der Waals surface area contributed by atoms with Gasteiger partial charge in [-0.1, -0.05) is 41.9 Å². The van der Waals surface area contributed by atoms with Gasteiger partial charge in [0.2, 0.25) is 12.3 Å². The highest BCUT2D eigenvalue weighted by Gasteiger charge is 2.14. The zero-order chi connectivity index (χ0) is 17.9. The highest BCUT2D eigenvalue weighted by Crippen LogP contribution is 2.19. The molecule has 2 heterocycles. The minimum absolute atomic E-state index is 0.0575. The molecule has 128 valence electrons. The largest absolute Gasteiger partial charge is 0.356 e. The van der Waals surface area contributed by atoms with E-state index in [-0.39, 0.29) is 5.78 Å². The normalized spacial score (nSPS) is 11.0. The highest BCUT2D eigenvalue weighted by atomic mass is 35.5. The molecule has 0 spiro atoms. The average Bonchev–Trinajstić information content (AvgIpc) is 3.05. The van der Waals surface area contributed by atoms with E-state index in [0.29, 0.717) is 17.1 Å². The maximum atomic E-state index is 12.4. The number of benzene rings is 2. The van der Waals surface area contributed by atoms with E-state index in [0.717, 1.165) is 11.9 Å². The molecular formula is C22H18ClN2O+. The predicted octanol–water partition coefficient (Wildman–Crippen LogP) is 4.58. The van der Waals surface area contributed by atoms with E-state index >= 15 is 0 Å². The standard InChI is InChI=1S/C22H17ClN2O/c23-19-8-6-17(7-9-19)22(26)15-25-11-10-20-18(13-24-21(20)14-25)12-16-4-2-1-3-5-16/h1-11,13-14H,12,15H2/p+1. The summed E-state index contributed by atoms with van der Waals surface area (Å²) in [6.07, 6.45) is 6.87. The lowest BCUT2D eigenvalue weighted by Gasteiger charge is -2.01. The first-order valence-electron chi connectivity index (χ1n) is 8.51. The Bertz CT molecular complexity index is 1050. The van der Waals surface area contributed by atoms with Crippen LogP contribution in [0, 0.1) is 0 Å². The summed E-state index contributed by atoms with van der Waals surface area (Å²) in [6, 6.07) is 19.5. The molecule has 0 radical (unpaired) electrons. The molecule has 0 amide bonds. The molecule has 0 aliphatic heterocycles. The van der Waals surface area contributed by atoms with Crippen molar-refractivity contribution in [2.75, 3.05) is 0 Å². The van der Waals surface area contributed by atoms with Crippen LogP contribution in [0.3, 0.4) is 0 Å². The lowest BCUT2D eigenvalue weighted by Crippen LogP contribution is -2.37. The van der Waals surface area contributed by atoms with Gasteiger partial charge in [-0.05, 0) is 41.8 Å². The Morgan fingerprint density at radius 2 is 1.77 bits per heavy atom. The van der Waals surface area contributed by atoms with Crippen molar-refractivity contribution >= 4 is 28.3 Å². The van der Waals surface area contributed by atoms with Crippen LogP contribution in [0.25, 0.3) is 10.9 Å². The summed E-state index contributed by atoms with van der Waals surface area (Å²) in [7, 11) is 0. The maximum absolute atomic E-state index is 12.4. The Labute approximate surface area is 156 Å². The number of rotatable bonds is 5. The topological polar surface area (TPSA) is 36.7 Å². The van der Waals surface area contributed by atoms with Crippen LogP contribution < -0.4 is 4.57 Å². The third-order valence-electron chi connectivity index (χ3n) is 4.50. The maximum Gasteiger partial charge on any atom is 0.227 e. The molecule has 1 N–H and O–H groups in total. The number of pyridine rings is 1. The lowest BCUT2D eigenvalue weighted by atomic mass is 10.1. The summed E-state index contributed by atoms with van der Waals surface area (Å²) in [6.45, 7) is 0.296. The van der Waals surface area contributed by atoms with Crippen molar-refractivity contribution in [2.45, 2.75) is 13.0 Å². The summed E-state index contributed by atoms with van der Waals surface area (Å²) in [5.74, 6) is 0.0575. The number of ketones is 1. The number of Topliss-reactive ketones (excluding diaryl/α,β-unsaturated/α-hetero) is 1. The van der Waals surface area contributed by atoms with Crippen LogP contribution >= 0.6 is 11.6 Å². The minimum Gasteiger partial charge on any atom is -0.356 e. The molecule has 26 heavy (non-hydrogen) atoms. The van der Waals surface area contributed by atoms with Crippen LogP contribution in [0.5, 0.6) is 0 Å². The second-order valence-corrected chi connectivity index (χ2v) is 6.79. The lowest BCUT2D eigenvalue weighted by molar-refractivity contribution is -0.681. The van der Waals surface area contributed by atoms with Gasteiger partial charge in [0.15, 0.2) is 12.4 Å². The van der Waals surface area contributed by atoms with Crippen molar-refractivity contribution < 1.29 is 9.36 Å². The van der Waals surface area contributed by atoms with E-state index in [9.17, 15) is 4.79 Å². The number of hydrogen-bond donors (Lipinski definition) is 1. The van der Waals surface area contributed by atoms with Crippen molar-refractivity contribution in [3.8, 4) is 0 Å². The van der Waals surface area contributed by atoms with E-state index in [4.69, 9.17) is 11.6 Å². The number of aromatic nitrogens is 2. The molecule has 0 bridgehead atoms. The van der Waals surface area contributed by atoms with Crippen molar-refractivity contribution in [2.24, 2.45) is 0 Å². The molecule has 4 rings (SSSR count). The molecule has 2 aromatic carbocycles. The van der Waals surface area contributed by atoms with Gasteiger partial charge in [0.05, 0.1) is 0 Å². The van der Waals surface area contributed by atoms with Gasteiger partial charge in [-0.25, -0.2) is 0 Å². The molecule has 0 aliphatic carbocycles. The fraction of sp³-hybridized carbons (Fsp3) is 0.0909. The van der Waals surface area contributed by atoms with E-state index in [1.54, 1.807) is 24.3 Å². The van der Waals surface area contributed by atoms with Crippen molar-refractivity contribution in [1.82, 2.24) is 4.98 Å². The van der Waals surface area contributed by atoms with Crippen LogP contribution in [0.15, 0.2) is 79.3 Å². The van der Waals surface area contributed by atoms with Crippen LogP contribution in [0.1, 0.15) is 21.5 Å². The van der Waals surface area contributed by atoms with Gasteiger partial charge in [-0.2, -0.15) is 4.57 Å². The summed E-state index contributed by atoms with van der Waals surface area (Å²) >= 11 is 5.88. The van der Waals surface area contributed by atoms with Crippen LogP contribution in [0.2, 0.25) is 5.02 Å². The number of carbonyl (C=O) groups excluding carboxylic acids is 1. The van der Waals surface area contributed by atoms with Gasteiger partial charge in [0.1, 0.15) is 5.52 Å². The average molecular weight is 362 g/mol. The Hall–Kier alpha value is -2.91. The Morgan fingerprint density at radius 3 is 2.54 bits per heavy atom. The number of nitrogens with zero attached hydrogens (tertiary/aromatic N) is 1. The van der Waals surface area contributed by atoms with Gasteiger partial charge in [0.25, 0.3) is 0 Å². The van der Waals surface area contributed by atoms with E-state index in [1.807, 2.05) is 29.2 Å². The van der Waals surface area contributed by atoms with E-state index in [2.05, 4.69) is 35.3 Å². The summed E-state index contributed by atoms with van der Waals surface area (Å²) < 4.78 is 1.90. The number of halogens is 1. The first kappa shape index (κ1) is 16.6. The minimum atomic E-state index is 0.0575. The summed E-state index contributed by atoms with van der Waals surface area (Å²) in [5, 5.41) is 1.82. The molecule has 0 saturated carbocycles. The molecule has 2 aromatic heterocycles. The Balaban J connectivity index is 1.55. The second-order valence-electron chi connectivity index (χ2n) is 6.35. The zero-order valence-electron chi connectivity index (χ0n) is 14.2. The molecule has 4 heteroatoms. The monoisotopic (exact) mass is 361 g/mol. The molecule has 0 aliphatic rings. The van der Waals surface area contributed by atoms with Gasteiger partial charge in [-0.15, -0.1) is 0 Å². The SMILES string of the molecule is O=C(C[n+]1ccc2c(Cc3ccccc3)c[nH]c2c1)c1ccc(Cl)cc1. The van der Waals surface area contributed by atoms with Gasteiger partial charge >= 0.3 is 0 Å². The Kier molecular flexibility index (Phi) is 4.55. The highest BCUT2D eigenvalue weighted by molar-refractivity contribution is 6.30. The Morgan fingerprint density at radius 1 is 1.00 bits per heavy atom. The van der Waals surface area contributed by atoms with Crippen LogP contribution in [0.4, 0.5) is 0 Å². The van der Waals surface area contributed by atoms with E-state index in [1.165, 1.54) is 16.5 Å². The third-order valence-corrected chi connectivity index (χ3v) is 4.75. The second kappa shape index (κ2) is 7.14. The van der Waals surface area contributed by atoms with Crippen LogP contribution in [-0.4, -0.2) is 10.8 Å². The number of nitrogens with one attached hydrogen (secondary N) is 1. The quantitative estimate of drug-likeness (QED) is 0.410. The fourth-order valence-electron chi connectivity index (χ4n) is 3.13. The first-order chi connectivity index (χ1) is 12.7. The predicted molar refractivity (Wildman–Crippen MR) is 104 cm³/mol. The molecule has 0 unspecified atom stereocenters. The zero-order valence-corrected chi connectivity index (χ0v) is 14.9. The van der Waals surface area contributed by atoms with Crippen molar-refractivity contribution in [3.63, 3.8) is 0 Å². The molecule has 3 nitrogen and oxygen atoms in total. The number of aromatic amines is 1. The molecule has 4 aromatic rings. The summed E-state index contributed by atoms with van der Waals surface area (Å²) in [4.78, 5) is 15.8. The van der Waals surface area contributed by atoms with Gasteiger partial charge < -0.3 is 4.98 Å². The smallest absolute Gasteiger partial charge is 0.227 e. The van der Waals surface area contributed by atoms with Crippen molar-refractivity contribution in [1.29, 1.82) is 0 Å². The third kappa shape index (κ3) is 3.53. The molecule has 0 fully saturated rings. The van der Waals surface area contributed by atoms with E-state index < -0.39 is 0 Å². The number of hydrogen-bond acceptors (Lipinski definition) is 1. The van der Waals surface area contributed by atoms with Crippen LogP contribution in [-0.2, 0) is 13.0 Å².